The highest BCUT2D eigenvalue weighted by Crippen LogP contribution is 2.41. The molecule has 0 bridgehead atoms. The second kappa shape index (κ2) is 14.3. The largest absolute Gasteiger partial charge is 0.493 e. The summed E-state index contributed by atoms with van der Waals surface area (Å²) in [5.74, 6) is 9.42. The zero-order chi connectivity index (χ0) is 25.8. The van der Waals surface area contributed by atoms with Crippen LogP contribution in [-0.4, -0.2) is 34.9 Å². The van der Waals surface area contributed by atoms with Crippen molar-refractivity contribution in [2.75, 3.05) is 19.0 Å². The third-order valence-corrected chi connectivity index (χ3v) is 7.58. The number of benzene rings is 1. The number of carbonyl (C=O) groups excluding carboxylic acids is 1. The van der Waals surface area contributed by atoms with Crippen LogP contribution in [-0.2, 0) is 21.4 Å². The third-order valence-electron chi connectivity index (χ3n) is 6.43. The molecule has 1 aromatic heterocycles. The van der Waals surface area contributed by atoms with Crippen LogP contribution in [0, 0.1) is 11.8 Å². The van der Waals surface area contributed by atoms with Gasteiger partial charge < -0.3 is 9.47 Å². The van der Waals surface area contributed by atoms with Crippen LogP contribution in [0.5, 0.6) is 5.75 Å². The van der Waals surface area contributed by atoms with Crippen molar-refractivity contribution in [1.82, 2.24) is 9.97 Å². The van der Waals surface area contributed by atoms with Crippen LogP contribution in [0.15, 0.2) is 29.4 Å². The first-order valence-corrected chi connectivity index (χ1v) is 14.3. The summed E-state index contributed by atoms with van der Waals surface area (Å²) in [7, 11) is 0. The molecule has 0 saturated carbocycles. The van der Waals surface area contributed by atoms with E-state index in [1.54, 1.807) is 12.4 Å². The summed E-state index contributed by atoms with van der Waals surface area (Å²) in [4.78, 5) is 21.6. The van der Waals surface area contributed by atoms with Gasteiger partial charge in [-0.3, -0.25) is 4.79 Å². The highest BCUT2D eigenvalue weighted by Gasteiger charge is 2.29. The van der Waals surface area contributed by atoms with Gasteiger partial charge in [-0.2, -0.15) is 0 Å². The predicted octanol–water partition coefficient (Wildman–Crippen LogP) is 6.88. The first-order chi connectivity index (χ1) is 17.4. The summed E-state index contributed by atoms with van der Waals surface area (Å²) in [6.07, 6.45) is 12.4. The molecule has 0 unspecified atom stereocenters. The third kappa shape index (κ3) is 8.55. The van der Waals surface area contributed by atoms with Gasteiger partial charge in [-0.1, -0.05) is 51.9 Å². The fourth-order valence-corrected chi connectivity index (χ4v) is 5.19. The van der Waals surface area contributed by atoms with Crippen molar-refractivity contribution < 1.29 is 14.3 Å². The lowest BCUT2D eigenvalue weighted by atomic mass is 9.79. The summed E-state index contributed by atoms with van der Waals surface area (Å²) in [5, 5.41) is 0. The number of hydrogen-bond donors (Lipinski definition) is 0. The fourth-order valence-electron chi connectivity index (χ4n) is 4.16. The van der Waals surface area contributed by atoms with Gasteiger partial charge in [0.15, 0.2) is 0 Å². The average Bonchev–Trinajstić information content (AvgIpc) is 2.86. The number of ether oxygens (including phenoxy) is 2. The number of hydrogen-bond acceptors (Lipinski definition) is 6. The molecule has 0 spiro atoms. The van der Waals surface area contributed by atoms with Crippen LogP contribution in [0.25, 0.3) is 0 Å². The topological polar surface area (TPSA) is 61.3 Å². The molecule has 0 fully saturated rings. The molecule has 0 saturated heterocycles. The van der Waals surface area contributed by atoms with Crippen LogP contribution in [0.3, 0.4) is 0 Å². The second-order valence-electron chi connectivity index (χ2n) is 9.89. The van der Waals surface area contributed by atoms with E-state index in [1.165, 1.54) is 36.1 Å². The molecule has 0 aliphatic carbocycles. The number of unbranched alkanes of at least 4 members (excludes halogenated alkanes) is 4. The van der Waals surface area contributed by atoms with E-state index in [1.807, 2.05) is 18.7 Å². The van der Waals surface area contributed by atoms with Crippen molar-refractivity contribution >= 4 is 17.7 Å². The zero-order valence-electron chi connectivity index (χ0n) is 22.3. The lowest BCUT2D eigenvalue weighted by Crippen LogP contribution is -2.26. The summed E-state index contributed by atoms with van der Waals surface area (Å²) in [5.41, 5.74) is 3.17. The Morgan fingerprint density at radius 1 is 1.08 bits per heavy atom. The van der Waals surface area contributed by atoms with Gasteiger partial charge in [-0.25, -0.2) is 9.97 Å². The van der Waals surface area contributed by atoms with Gasteiger partial charge >= 0.3 is 5.97 Å². The lowest BCUT2D eigenvalue weighted by Gasteiger charge is -2.33. The Morgan fingerprint density at radius 2 is 1.89 bits per heavy atom. The summed E-state index contributed by atoms with van der Waals surface area (Å²) < 4.78 is 11.0. The Labute approximate surface area is 221 Å². The van der Waals surface area contributed by atoms with Crippen LogP contribution in [0.4, 0.5) is 0 Å². The maximum atomic E-state index is 11.4. The number of thioether (sulfide) groups is 1. The minimum atomic E-state index is -0.139. The van der Waals surface area contributed by atoms with Crippen molar-refractivity contribution in [3.05, 3.63) is 47.0 Å². The average molecular weight is 509 g/mol. The molecule has 6 heteroatoms. The molecular weight excluding hydrogens is 468 g/mol. The maximum absolute atomic E-state index is 11.4. The predicted molar refractivity (Wildman–Crippen MR) is 147 cm³/mol. The van der Waals surface area contributed by atoms with Gasteiger partial charge in [0, 0.05) is 41.3 Å². The van der Waals surface area contributed by atoms with Gasteiger partial charge in [0.1, 0.15) is 11.6 Å². The van der Waals surface area contributed by atoms with Crippen LogP contribution in [0.1, 0.15) is 102 Å². The monoisotopic (exact) mass is 508 g/mol. The minimum absolute atomic E-state index is 0.0758. The SMILES string of the molecule is CCCCCCSc1cc2c(cc1C#Cc1cnc(CCCCC(=O)OCC)nc1)C(C)(C)CCO2. The van der Waals surface area contributed by atoms with E-state index in [4.69, 9.17) is 9.47 Å². The molecule has 0 N–H and O–H groups in total. The fraction of sp³-hybridized carbons (Fsp3) is 0.567. The second-order valence-corrected chi connectivity index (χ2v) is 11.0. The lowest BCUT2D eigenvalue weighted by molar-refractivity contribution is -0.143. The zero-order valence-corrected chi connectivity index (χ0v) is 23.1. The van der Waals surface area contributed by atoms with Gasteiger partial charge in [-0.05, 0) is 55.9 Å². The number of aromatic nitrogens is 2. The van der Waals surface area contributed by atoms with Gasteiger partial charge in [0.25, 0.3) is 0 Å². The Morgan fingerprint density at radius 3 is 2.64 bits per heavy atom. The molecule has 2 heterocycles. The summed E-state index contributed by atoms with van der Waals surface area (Å²) in [6.45, 7) is 9.82. The van der Waals surface area contributed by atoms with E-state index >= 15 is 0 Å². The summed E-state index contributed by atoms with van der Waals surface area (Å²) in [6, 6.07) is 4.43. The van der Waals surface area contributed by atoms with E-state index in [0.717, 1.165) is 60.7 Å². The van der Waals surface area contributed by atoms with Gasteiger partial charge in [-0.15, -0.1) is 11.8 Å². The molecule has 0 amide bonds. The Kier molecular flexibility index (Phi) is 11.1. The van der Waals surface area contributed by atoms with Crippen LogP contribution >= 0.6 is 11.8 Å². The smallest absolute Gasteiger partial charge is 0.305 e. The van der Waals surface area contributed by atoms with Crippen LogP contribution < -0.4 is 4.74 Å². The number of aryl methyl sites for hydroxylation is 1. The quantitative estimate of drug-likeness (QED) is 0.135. The van der Waals surface area contributed by atoms with Crippen molar-refractivity contribution in [2.24, 2.45) is 0 Å². The number of nitrogens with zero attached hydrogens (tertiary/aromatic N) is 2. The molecule has 3 rings (SSSR count). The van der Waals surface area contributed by atoms with E-state index in [-0.39, 0.29) is 11.4 Å². The molecule has 36 heavy (non-hydrogen) atoms. The minimum Gasteiger partial charge on any atom is -0.493 e. The van der Waals surface area contributed by atoms with E-state index in [2.05, 4.69) is 54.7 Å². The molecule has 5 nitrogen and oxygen atoms in total. The first-order valence-electron chi connectivity index (χ1n) is 13.4. The van der Waals surface area contributed by atoms with E-state index < -0.39 is 0 Å². The molecule has 1 aromatic carbocycles. The normalized spacial score (nSPS) is 13.8. The molecule has 1 aliphatic rings. The maximum Gasteiger partial charge on any atom is 0.305 e. The van der Waals surface area contributed by atoms with Crippen molar-refractivity contribution in [3.63, 3.8) is 0 Å². The summed E-state index contributed by atoms with van der Waals surface area (Å²) >= 11 is 1.88. The molecular formula is C30H40N2O3S. The number of fused-ring (bicyclic) bond motifs is 1. The number of rotatable bonds is 12. The van der Waals surface area contributed by atoms with Gasteiger partial charge in [0.2, 0.25) is 0 Å². The first kappa shape index (κ1) is 28.1. The van der Waals surface area contributed by atoms with E-state index in [9.17, 15) is 4.79 Å². The van der Waals surface area contributed by atoms with Crippen LogP contribution in [0.2, 0.25) is 0 Å². The van der Waals surface area contributed by atoms with E-state index in [0.29, 0.717) is 13.0 Å². The Balaban J connectivity index is 1.69. The van der Waals surface area contributed by atoms with Crippen molar-refractivity contribution in [1.29, 1.82) is 0 Å². The molecule has 2 aromatic rings. The highest BCUT2D eigenvalue weighted by atomic mass is 32.2. The molecule has 0 radical (unpaired) electrons. The van der Waals surface area contributed by atoms with Crippen molar-refractivity contribution in [2.45, 2.75) is 95.8 Å². The molecule has 1 aliphatic heterocycles. The number of carbonyl (C=O) groups is 1. The Hall–Kier alpha value is -2.52. The van der Waals surface area contributed by atoms with Gasteiger partial charge in [0.05, 0.1) is 18.8 Å². The number of esters is 1. The standard InChI is InChI=1S/C30H40N2O3S/c1-5-7-8-11-18-36-27-20-26-25(30(3,4)16-17-35-26)19-24(27)15-14-23-21-31-28(32-22-23)12-9-10-13-29(33)34-6-2/h19-22H,5-13,16-18H2,1-4H3. The Bertz CT molecular complexity index is 1050. The van der Waals surface area contributed by atoms with Crippen molar-refractivity contribution in [3.8, 4) is 17.6 Å². The molecule has 194 valence electrons. The molecule has 0 atom stereocenters. The highest BCUT2D eigenvalue weighted by molar-refractivity contribution is 7.99.